The summed E-state index contributed by atoms with van der Waals surface area (Å²) in [5.74, 6) is 0.288. The van der Waals surface area contributed by atoms with Crippen LogP contribution in [0.1, 0.15) is 28.6 Å². The maximum atomic E-state index is 13.6. The highest BCUT2D eigenvalue weighted by Crippen LogP contribution is 2.30. The number of anilines is 1. The Labute approximate surface area is 173 Å². The van der Waals surface area contributed by atoms with Gasteiger partial charge in [0.2, 0.25) is 11.8 Å². The largest absolute Gasteiger partial charge is 0.418 e. The maximum absolute atomic E-state index is 13.6. The molecule has 0 unspecified atom stereocenters. The van der Waals surface area contributed by atoms with Gasteiger partial charge in [0.25, 0.3) is 0 Å². The van der Waals surface area contributed by atoms with Gasteiger partial charge in [-0.05, 0) is 73.0 Å². The van der Waals surface area contributed by atoms with Crippen LogP contribution in [-0.4, -0.2) is 10.2 Å². The Kier molecular flexibility index (Phi) is 5.32. The van der Waals surface area contributed by atoms with Crippen molar-refractivity contribution < 1.29 is 8.81 Å². The summed E-state index contributed by atoms with van der Waals surface area (Å²) in [5, 5.41) is 12.5. The van der Waals surface area contributed by atoms with E-state index in [9.17, 15) is 4.39 Å². The van der Waals surface area contributed by atoms with Gasteiger partial charge in [0.05, 0.1) is 0 Å². The topological polar surface area (TPSA) is 51.0 Å². The van der Waals surface area contributed by atoms with Crippen LogP contribution in [0.25, 0.3) is 11.5 Å². The fourth-order valence-corrected chi connectivity index (χ4v) is 3.38. The van der Waals surface area contributed by atoms with E-state index in [-0.39, 0.29) is 17.7 Å². The molecule has 4 rings (SSSR count). The van der Waals surface area contributed by atoms with E-state index in [0.717, 1.165) is 22.4 Å². The Balaban J connectivity index is 1.73. The molecule has 1 heterocycles. The van der Waals surface area contributed by atoms with E-state index in [1.165, 1.54) is 12.1 Å². The Hall–Kier alpha value is -3.18. The highest BCUT2D eigenvalue weighted by molar-refractivity contribution is 6.30. The molecule has 6 heteroatoms. The molecule has 3 aromatic carbocycles. The molecule has 0 aliphatic carbocycles. The molecule has 0 aliphatic rings. The number of hydrogen-bond acceptors (Lipinski definition) is 4. The second-order valence-electron chi connectivity index (χ2n) is 6.96. The molecule has 0 spiro atoms. The molecule has 4 aromatic rings. The van der Waals surface area contributed by atoms with Gasteiger partial charge in [0.1, 0.15) is 11.9 Å². The first kappa shape index (κ1) is 19.2. The molecule has 0 aliphatic heterocycles. The van der Waals surface area contributed by atoms with Crippen molar-refractivity contribution in [2.24, 2.45) is 0 Å². The number of nitrogens with zero attached hydrogens (tertiary/aromatic N) is 2. The van der Waals surface area contributed by atoms with Gasteiger partial charge in [-0.1, -0.05) is 35.9 Å². The quantitative estimate of drug-likeness (QED) is 0.419. The Bertz CT molecular complexity index is 1120. The van der Waals surface area contributed by atoms with Crippen molar-refractivity contribution in [3.8, 4) is 11.5 Å². The molecule has 1 aromatic heterocycles. The fourth-order valence-electron chi connectivity index (χ4n) is 3.26. The highest BCUT2D eigenvalue weighted by Gasteiger charge is 2.22. The normalized spacial score (nSPS) is 12.0. The van der Waals surface area contributed by atoms with Gasteiger partial charge >= 0.3 is 0 Å². The molecule has 0 saturated carbocycles. The Morgan fingerprint density at radius 1 is 0.931 bits per heavy atom. The summed E-state index contributed by atoms with van der Waals surface area (Å²) in [6.45, 7) is 4.09. The van der Waals surface area contributed by atoms with Gasteiger partial charge in [-0.2, -0.15) is 0 Å². The lowest BCUT2D eigenvalue weighted by atomic mass is 10.1. The first-order chi connectivity index (χ1) is 14.0. The van der Waals surface area contributed by atoms with Crippen LogP contribution in [0, 0.1) is 19.7 Å². The van der Waals surface area contributed by atoms with Crippen LogP contribution in [0.2, 0.25) is 5.02 Å². The van der Waals surface area contributed by atoms with Crippen molar-refractivity contribution >= 4 is 17.3 Å². The maximum Gasteiger partial charge on any atom is 0.247 e. The van der Waals surface area contributed by atoms with E-state index in [1.54, 1.807) is 12.1 Å². The number of nitrogens with one attached hydrogen (secondary N) is 1. The minimum absolute atomic E-state index is 0.265. The molecule has 146 valence electrons. The van der Waals surface area contributed by atoms with E-state index >= 15 is 0 Å². The number of benzene rings is 3. The zero-order valence-corrected chi connectivity index (χ0v) is 16.7. The van der Waals surface area contributed by atoms with E-state index in [2.05, 4.69) is 33.7 Å². The number of aromatic nitrogens is 2. The smallest absolute Gasteiger partial charge is 0.247 e. The second kappa shape index (κ2) is 8.05. The second-order valence-corrected chi connectivity index (χ2v) is 7.40. The first-order valence-corrected chi connectivity index (χ1v) is 9.55. The van der Waals surface area contributed by atoms with E-state index in [4.69, 9.17) is 16.0 Å². The number of hydrogen-bond donors (Lipinski definition) is 1. The fraction of sp³-hybridized carbons (Fsp3) is 0.130. The standard InChI is InChI=1S/C23H19ClFN3O/c1-14-10-15(2)12-20(11-14)26-21(16-6-8-18(24)9-7-16)23-28-27-22(29-23)17-4-3-5-19(25)13-17/h3-13,21,26H,1-2H3/t21-/m1/s1. The summed E-state index contributed by atoms with van der Waals surface area (Å²) in [7, 11) is 0. The van der Waals surface area contributed by atoms with Gasteiger partial charge in [0.15, 0.2) is 0 Å². The van der Waals surface area contributed by atoms with Crippen LogP contribution in [-0.2, 0) is 0 Å². The van der Waals surface area contributed by atoms with Crippen LogP contribution in [0.15, 0.2) is 71.1 Å². The summed E-state index contributed by atoms with van der Waals surface area (Å²) in [6, 6.07) is 19.4. The van der Waals surface area contributed by atoms with E-state index < -0.39 is 0 Å². The number of aryl methyl sites for hydroxylation is 2. The predicted molar refractivity (Wildman–Crippen MR) is 113 cm³/mol. The van der Waals surface area contributed by atoms with Crippen molar-refractivity contribution in [3.05, 3.63) is 100 Å². The van der Waals surface area contributed by atoms with Crippen LogP contribution in [0.3, 0.4) is 0 Å². The summed E-state index contributed by atoms with van der Waals surface area (Å²) in [5.41, 5.74) is 4.68. The Morgan fingerprint density at radius 3 is 2.34 bits per heavy atom. The summed E-state index contributed by atoms with van der Waals surface area (Å²) < 4.78 is 19.5. The monoisotopic (exact) mass is 407 g/mol. The molecule has 1 atom stereocenters. The van der Waals surface area contributed by atoms with E-state index in [1.807, 2.05) is 38.1 Å². The lowest BCUT2D eigenvalue weighted by Gasteiger charge is -2.18. The third kappa shape index (κ3) is 4.46. The molecular weight excluding hydrogens is 389 g/mol. The average molecular weight is 408 g/mol. The molecule has 0 radical (unpaired) electrons. The van der Waals surface area contributed by atoms with Crippen molar-refractivity contribution in [2.75, 3.05) is 5.32 Å². The minimum Gasteiger partial charge on any atom is -0.418 e. The SMILES string of the molecule is Cc1cc(C)cc(N[C@H](c2ccc(Cl)cc2)c2nnc(-c3cccc(F)c3)o2)c1. The Morgan fingerprint density at radius 2 is 1.66 bits per heavy atom. The zero-order valence-electron chi connectivity index (χ0n) is 16.0. The van der Waals surface area contributed by atoms with Crippen molar-refractivity contribution in [2.45, 2.75) is 19.9 Å². The molecule has 0 saturated heterocycles. The third-order valence-corrected chi connectivity index (χ3v) is 4.75. The average Bonchev–Trinajstić information content (AvgIpc) is 3.16. The molecule has 1 N–H and O–H groups in total. The molecule has 0 fully saturated rings. The van der Waals surface area contributed by atoms with Crippen LogP contribution in [0.5, 0.6) is 0 Å². The van der Waals surface area contributed by atoms with Crippen molar-refractivity contribution in [1.82, 2.24) is 10.2 Å². The molecule has 0 bridgehead atoms. The van der Waals surface area contributed by atoms with Gasteiger partial charge in [-0.3, -0.25) is 0 Å². The lowest BCUT2D eigenvalue weighted by Crippen LogP contribution is -2.13. The van der Waals surface area contributed by atoms with Crippen LogP contribution < -0.4 is 5.32 Å². The summed E-state index contributed by atoms with van der Waals surface area (Å²) in [4.78, 5) is 0. The summed E-state index contributed by atoms with van der Waals surface area (Å²) in [6.07, 6.45) is 0. The summed E-state index contributed by atoms with van der Waals surface area (Å²) >= 11 is 6.06. The third-order valence-electron chi connectivity index (χ3n) is 4.50. The van der Waals surface area contributed by atoms with Crippen molar-refractivity contribution in [3.63, 3.8) is 0 Å². The van der Waals surface area contributed by atoms with E-state index in [0.29, 0.717) is 16.5 Å². The number of halogens is 2. The van der Waals surface area contributed by atoms with Gasteiger partial charge in [0, 0.05) is 16.3 Å². The lowest BCUT2D eigenvalue weighted by molar-refractivity contribution is 0.493. The predicted octanol–water partition coefficient (Wildman–Crippen LogP) is 6.35. The number of rotatable bonds is 5. The van der Waals surface area contributed by atoms with Crippen LogP contribution in [0.4, 0.5) is 10.1 Å². The van der Waals surface area contributed by atoms with Crippen LogP contribution >= 0.6 is 11.6 Å². The molecule has 0 amide bonds. The first-order valence-electron chi connectivity index (χ1n) is 9.17. The molecular formula is C23H19ClFN3O. The minimum atomic E-state index is -0.386. The van der Waals surface area contributed by atoms with Crippen molar-refractivity contribution in [1.29, 1.82) is 0 Å². The van der Waals surface area contributed by atoms with Gasteiger partial charge in [-0.25, -0.2) is 4.39 Å². The molecule has 29 heavy (non-hydrogen) atoms. The zero-order chi connectivity index (χ0) is 20.4. The molecule has 4 nitrogen and oxygen atoms in total. The van der Waals surface area contributed by atoms with Gasteiger partial charge in [-0.15, -0.1) is 10.2 Å². The van der Waals surface area contributed by atoms with Gasteiger partial charge < -0.3 is 9.73 Å². The highest BCUT2D eigenvalue weighted by atomic mass is 35.5.